The Hall–Kier alpha value is -1.56. The number of hydrogen-bond acceptors (Lipinski definition) is 0. The number of hydrogen-bond donors (Lipinski definition) is 0. The second-order valence-corrected chi connectivity index (χ2v) is 7.87. The highest BCUT2D eigenvalue weighted by Gasteiger charge is 2.33. The molecule has 0 nitrogen and oxygen atoms in total. The van der Waals surface area contributed by atoms with Gasteiger partial charge in [-0.15, -0.1) is 0 Å². The molecule has 0 saturated carbocycles. The van der Waals surface area contributed by atoms with E-state index in [1.54, 1.807) is 0 Å². The van der Waals surface area contributed by atoms with Crippen LogP contribution in [0.4, 0.5) is 0 Å². The molecule has 0 saturated heterocycles. The molecule has 2 rings (SSSR count). The first-order valence-corrected chi connectivity index (χ1v) is 9.57. The van der Waals surface area contributed by atoms with Crippen molar-refractivity contribution in [3.05, 3.63) is 71.3 Å². The SMILES string of the molecule is CCC(C)c1ccc(C(C)(C)C(C)C(CC)c2ccccc2)cc1. The smallest absolute Gasteiger partial charge is 0.00721 e. The lowest BCUT2D eigenvalue weighted by atomic mass is 9.66. The van der Waals surface area contributed by atoms with E-state index in [0.29, 0.717) is 17.8 Å². The van der Waals surface area contributed by atoms with Gasteiger partial charge in [-0.2, -0.15) is 0 Å². The Labute approximate surface area is 149 Å². The predicted molar refractivity (Wildman–Crippen MR) is 107 cm³/mol. The summed E-state index contributed by atoms with van der Waals surface area (Å²) in [7, 11) is 0. The maximum absolute atomic E-state index is 2.42. The number of benzene rings is 2. The van der Waals surface area contributed by atoms with Gasteiger partial charge in [0.05, 0.1) is 0 Å². The Morgan fingerprint density at radius 3 is 1.83 bits per heavy atom. The van der Waals surface area contributed by atoms with Gasteiger partial charge in [0.15, 0.2) is 0 Å². The van der Waals surface area contributed by atoms with Crippen molar-refractivity contribution in [3.8, 4) is 0 Å². The minimum atomic E-state index is 0.157. The highest BCUT2D eigenvalue weighted by atomic mass is 14.4. The maximum Gasteiger partial charge on any atom is -0.00721 e. The van der Waals surface area contributed by atoms with Crippen LogP contribution < -0.4 is 0 Å². The van der Waals surface area contributed by atoms with Gasteiger partial charge in [0.2, 0.25) is 0 Å². The lowest BCUT2D eigenvalue weighted by Crippen LogP contribution is -2.31. The average molecular weight is 323 g/mol. The van der Waals surface area contributed by atoms with Gasteiger partial charge in [0.1, 0.15) is 0 Å². The Balaban J connectivity index is 2.27. The molecule has 0 N–H and O–H groups in total. The standard InChI is InChI=1S/C24H34/c1-7-18(3)20-14-16-22(17-15-20)24(5,6)19(4)23(8-2)21-12-10-9-11-13-21/h9-19,23H,7-8H2,1-6H3. The topological polar surface area (TPSA) is 0 Å². The zero-order chi connectivity index (χ0) is 17.7. The molecule has 0 fully saturated rings. The summed E-state index contributed by atoms with van der Waals surface area (Å²) in [5.41, 5.74) is 4.54. The summed E-state index contributed by atoms with van der Waals surface area (Å²) in [6, 6.07) is 20.4. The van der Waals surface area contributed by atoms with Gasteiger partial charge in [-0.05, 0) is 52.7 Å². The molecule has 3 atom stereocenters. The Kier molecular flexibility index (Phi) is 6.27. The quantitative estimate of drug-likeness (QED) is 0.501. The van der Waals surface area contributed by atoms with Crippen LogP contribution in [0, 0.1) is 5.92 Å². The van der Waals surface area contributed by atoms with Crippen LogP contribution in [-0.4, -0.2) is 0 Å². The van der Waals surface area contributed by atoms with Crippen molar-refractivity contribution in [3.63, 3.8) is 0 Å². The van der Waals surface area contributed by atoms with E-state index in [2.05, 4.69) is 96.1 Å². The molecule has 0 bridgehead atoms. The fraction of sp³-hybridized carbons (Fsp3) is 0.500. The van der Waals surface area contributed by atoms with Gasteiger partial charge in [0, 0.05) is 0 Å². The third-order valence-corrected chi connectivity index (χ3v) is 6.25. The third-order valence-electron chi connectivity index (χ3n) is 6.25. The maximum atomic E-state index is 2.42. The summed E-state index contributed by atoms with van der Waals surface area (Å²) in [4.78, 5) is 0. The molecule has 3 unspecified atom stereocenters. The van der Waals surface area contributed by atoms with Crippen LogP contribution in [0.2, 0.25) is 0 Å². The molecule has 0 spiro atoms. The van der Waals surface area contributed by atoms with Crippen molar-refractivity contribution in [2.24, 2.45) is 5.92 Å². The minimum Gasteiger partial charge on any atom is -0.0648 e. The molecule has 0 aliphatic carbocycles. The van der Waals surface area contributed by atoms with Crippen molar-refractivity contribution in [2.75, 3.05) is 0 Å². The van der Waals surface area contributed by atoms with Crippen molar-refractivity contribution < 1.29 is 0 Å². The molecule has 0 heteroatoms. The van der Waals surface area contributed by atoms with Gasteiger partial charge in [-0.25, -0.2) is 0 Å². The van der Waals surface area contributed by atoms with Crippen LogP contribution in [0.3, 0.4) is 0 Å². The summed E-state index contributed by atoms with van der Waals surface area (Å²) in [6.07, 6.45) is 2.38. The first-order valence-electron chi connectivity index (χ1n) is 9.57. The molecule has 24 heavy (non-hydrogen) atoms. The van der Waals surface area contributed by atoms with Crippen LogP contribution in [0.15, 0.2) is 54.6 Å². The monoisotopic (exact) mass is 322 g/mol. The summed E-state index contributed by atoms with van der Waals surface area (Å²) >= 11 is 0. The lowest BCUT2D eigenvalue weighted by Gasteiger charge is -2.38. The second-order valence-electron chi connectivity index (χ2n) is 7.87. The lowest BCUT2D eigenvalue weighted by molar-refractivity contribution is 0.284. The predicted octanol–water partition coefficient (Wildman–Crippen LogP) is 7.31. The van der Waals surface area contributed by atoms with E-state index in [1.165, 1.54) is 29.5 Å². The van der Waals surface area contributed by atoms with Gasteiger partial charge >= 0.3 is 0 Å². The molecule has 0 radical (unpaired) electrons. The van der Waals surface area contributed by atoms with Crippen LogP contribution >= 0.6 is 0 Å². The molecule has 130 valence electrons. The van der Waals surface area contributed by atoms with Gasteiger partial charge in [0.25, 0.3) is 0 Å². The summed E-state index contributed by atoms with van der Waals surface area (Å²) in [5, 5.41) is 0. The van der Waals surface area contributed by atoms with Crippen molar-refractivity contribution >= 4 is 0 Å². The molecule has 0 amide bonds. The zero-order valence-corrected chi connectivity index (χ0v) is 16.3. The first-order chi connectivity index (χ1) is 11.4. The molecular formula is C24H34. The van der Waals surface area contributed by atoms with Gasteiger partial charge in [-0.3, -0.25) is 0 Å². The molecular weight excluding hydrogens is 288 g/mol. The molecule has 2 aromatic rings. The largest absolute Gasteiger partial charge is 0.0648 e. The average Bonchev–Trinajstić information content (AvgIpc) is 2.62. The Morgan fingerprint density at radius 2 is 1.33 bits per heavy atom. The Morgan fingerprint density at radius 1 is 0.750 bits per heavy atom. The highest BCUT2D eigenvalue weighted by molar-refractivity contribution is 5.32. The fourth-order valence-electron chi connectivity index (χ4n) is 3.82. The van der Waals surface area contributed by atoms with Crippen LogP contribution in [0.25, 0.3) is 0 Å². The summed E-state index contributed by atoms with van der Waals surface area (Å²) < 4.78 is 0. The van der Waals surface area contributed by atoms with Crippen molar-refractivity contribution in [2.45, 2.75) is 71.6 Å². The third kappa shape index (κ3) is 3.91. The van der Waals surface area contributed by atoms with Gasteiger partial charge < -0.3 is 0 Å². The van der Waals surface area contributed by atoms with Gasteiger partial charge in [-0.1, -0.05) is 96.1 Å². The van der Waals surface area contributed by atoms with Crippen molar-refractivity contribution in [1.82, 2.24) is 0 Å². The van der Waals surface area contributed by atoms with Crippen LogP contribution in [0.5, 0.6) is 0 Å². The highest BCUT2D eigenvalue weighted by Crippen LogP contribution is 2.42. The number of rotatable bonds is 7. The minimum absolute atomic E-state index is 0.157. The van der Waals surface area contributed by atoms with E-state index in [-0.39, 0.29) is 5.41 Å². The summed E-state index contributed by atoms with van der Waals surface area (Å²) in [6.45, 7) is 14.1. The van der Waals surface area contributed by atoms with E-state index in [1.807, 2.05) is 0 Å². The molecule has 0 heterocycles. The van der Waals surface area contributed by atoms with E-state index >= 15 is 0 Å². The molecule has 0 aliphatic heterocycles. The zero-order valence-electron chi connectivity index (χ0n) is 16.3. The van der Waals surface area contributed by atoms with E-state index in [9.17, 15) is 0 Å². The fourth-order valence-corrected chi connectivity index (χ4v) is 3.82. The first kappa shape index (κ1) is 18.8. The summed E-state index contributed by atoms with van der Waals surface area (Å²) in [5.74, 6) is 1.82. The molecule has 2 aromatic carbocycles. The van der Waals surface area contributed by atoms with Crippen LogP contribution in [-0.2, 0) is 5.41 Å². The van der Waals surface area contributed by atoms with E-state index < -0.39 is 0 Å². The Bertz CT molecular complexity index is 606. The van der Waals surface area contributed by atoms with Crippen molar-refractivity contribution in [1.29, 1.82) is 0 Å². The van der Waals surface area contributed by atoms with E-state index in [0.717, 1.165) is 0 Å². The molecule has 0 aliphatic rings. The normalized spacial score (nSPS) is 15.8. The second kappa shape index (κ2) is 8.01. The van der Waals surface area contributed by atoms with E-state index in [4.69, 9.17) is 0 Å². The van der Waals surface area contributed by atoms with Crippen LogP contribution in [0.1, 0.15) is 82.9 Å². The molecule has 0 aromatic heterocycles.